The molecule has 0 aliphatic heterocycles. The first-order valence-corrected chi connectivity index (χ1v) is 4.26. The highest BCUT2D eigenvalue weighted by Crippen LogP contribution is 2.19. The number of nitrogens with one attached hydrogen (secondary N) is 1. The van der Waals surface area contributed by atoms with Crippen LogP contribution in [0.15, 0.2) is 23.1 Å². The van der Waals surface area contributed by atoms with Gasteiger partial charge in [-0.2, -0.15) is 0 Å². The van der Waals surface area contributed by atoms with E-state index in [4.69, 9.17) is 4.42 Å². The molecule has 1 rings (SSSR count). The maximum Gasteiger partial charge on any atom is 0.433 e. The molecule has 1 aromatic rings. The van der Waals surface area contributed by atoms with E-state index < -0.39 is 4.92 Å². The highest BCUT2D eigenvalue weighted by atomic mass is 16.6. The third kappa shape index (κ3) is 2.93. The Hall–Kier alpha value is -1.78. The maximum atomic E-state index is 10.2. The maximum absolute atomic E-state index is 10.2. The summed E-state index contributed by atoms with van der Waals surface area (Å²) in [7, 11) is 1.66. The van der Waals surface area contributed by atoms with Gasteiger partial charge in [-0.3, -0.25) is 10.1 Å². The van der Waals surface area contributed by atoms with E-state index in [0.717, 1.165) is 0 Å². The average Bonchev–Trinajstić information content (AvgIpc) is 2.68. The van der Waals surface area contributed by atoms with Crippen LogP contribution in [0.3, 0.4) is 0 Å². The molecule has 14 heavy (non-hydrogen) atoms. The molecule has 0 aliphatic rings. The summed E-state index contributed by atoms with van der Waals surface area (Å²) in [5, 5.41) is 12.9. The van der Waals surface area contributed by atoms with Gasteiger partial charge in [0, 0.05) is 7.05 Å². The SMILES string of the molecule is C=C(NC)c1ccc([N+](=O)[O-])o1.CC. The van der Waals surface area contributed by atoms with Gasteiger partial charge in [0.2, 0.25) is 0 Å². The van der Waals surface area contributed by atoms with Crippen LogP contribution in [-0.4, -0.2) is 12.0 Å². The molecule has 0 bridgehead atoms. The van der Waals surface area contributed by atoms with Crippen molar-refractivity contribution >= 4 is 11.6 Å². The molecule has 0 radical (unpaired) electrons. The molecule has 0 spiro atoms. The third-order valence-electron chi connectivity index (χ3n) is 1.37. The Morgan fingerprint density at radius 2 is 2.14 bits per heavy atom. The zero-order chi connectivity index (χ0) is 11.1. The summed E-state index contributed by atoms with van der Waals surface area (Å²) in [6.45, 7) is 7.59. The Kier molecular flexibility index (Phi) is 5.06. The zero-order valence-corrected chi connectivity index (χ0v) is 8.53. The molecule has 0 unspecified atom stereocenters. The summed E-state index contributed by atoms with van der Waals surface area (Å²) in [4.78, 5) is 9.60. The first kappa shape index (κ1) is 12.2. The molecule has 1 aromatic heterocycles. The van der Waals surface area contributed by atoms with Crippen molar-refractivity contribution in [2.45, 2.75) is 13.8 Å². The lowest BCUT2D eigenvalue weighted by Gasteiger charge is -1.96. The van der Waals surface area contributed by atoms with Crippen LogP contribution in [0, 0.1) is 10.1 Å². The second-order valence-electron chi connectivity index (χ2n) is 2.12. The fourth-order valence-corrected chi connectivity index (χ4v) is 0.711. The van der Waals surface area contributed by atoms with Crippen LogP contribution >= 0.6 is 0 Å². The van der Waals surface area contributed by atoms with Gasteiger partial charge in [0.1, 0.15) is 4.92 Å². The lowest BCUT2D eigenvalue weighted by molar-refractivity contribution is -0.402. The molecule has 0 saturated carbocycles. The van der Waals surface area contributed by atoms with Gasteiger partial charge in [0.15, 0.2) is 5.76 Å². The highest BCUT2D eigenvalue weighted by Gasteiger charge is 2.12. The van der Waals surface area contributed by atoms with Crippen molar-refractivity contribution < 1.29 is 9.34 Å². The lowest BCUT2D eigenvalue weighted by Crippen LogP contribution is -2.01. The van der Waals surface area contributed by atoms with Crippen LogP contribution in [-0.2, 0) is 0 Å². The minimum Gasteiger partial charge on any atom is -0.399 e. The Balaban J connectivity index is 0.000000791. The average molecular weight is 198 g/mol. The van der Waals surface area contributed by atoms with E-state index in [2.05, 4.69) is 11.9 Å². The second kappa shape index (κ2) is 5.80. The molecule has 0 aliphatic carbocycles. The molecular weight excluding hydrogens is 184 g/mol. The van der Waals surface area contributed by atoms with Crippen LogP contribution in [0.5, 0.6) is 0 Å². The molecule has 5 nitrogen and oxygen atoms in total. The summed E-state index contributed by atoms with van der Waals surface area (Å²) in [5.41, 5.74) is 0.517. The van der Waals surface area contributed by atoms with Crippen molar-refractivity contribution in [2.75, 3.05) is 7.05 Å². The molecule has 0 atom stereocenters. The van der Waals surface area contributed by atoms with Crippen molar-refractivity contribution in [1.82, 2.24) is 5.32 Å². The smallest absolute Gasteiger partial charge is 0.399 e. The summed E-state index contributed by atoms with van der Waals surface area (Å²) in [5.74, 6) is 0.102. The van der Waals surface area contributed by atoms with Crippen LogP contribution in [0.2, 0.25) is 0 Å². The van der Waals surface area contributed by atoms with Crippen molar-refractivity contribution in [3.63, 3.8) is 0 Å². The summed E-state index contributed by atoms with van der Waals surface area (Å²) in [6.07, 6.45) is 0. The van der Waals surface area contributed by atoms with Crippen LogP contribution in [0.25, 0.3) is 5.70 Å². The van der Waals surface area contributed by atoms with Gasteiger partial charge in [-0.1, -0.05) is 20.4 Å². The molecule has 1 N–H and O–H groups in total. The summed E-state index contributed by atoms with van der Waals surface area (Å²) < 4.78 is 4.84. The van der Waals surface area contributed by atoms with E-state index in [-0.39, 0.29) is 5.88 Å². The predicted octanol–water partition coefficient (Wildman–Crippen LogP) is 2.40. The monoisotopic (exact) mass is 198 g/mol. The lowest BCUT2D eigenvalue weighted by atomic mass is 10.4. The van der Waals surface area contributed by atoms with Crippen LogP contribution in [0.1, 0.15) is 19.6 Å². The van der Waals surface area contributed by atoms with E-state index >= 15 is 0 Å². The first-order chi connectivity index (χ1) is 6.65. The minimum absolute atomic E-state index is 0.276. The number of hydrogen-bond acceptors (Lipinski definition) is 4. The molecule has 1 heterocycles. The molecule has 0 saturated heterocycles. The first-order valence-electron chi connectivity index (χ1n) is 4.26. The van der Waals surface area contributed by atoms with Crippen molar-refractivity contribution in [3.8, 4) is 0 Å². The largest absolute Gasteiger partial charge is 0.433 e. The van der Waals surface area contributed by atoms with Gasteiger partial charge in [0.05, 0.1) is 11.8 Å². The molecule has 78 valence electrons. The number of hydrogen-bond donors (Lipinski definition) is 1. The molecule has 0 fully saturated rings. The fourth-order valence-electron chi connectivity index (χ4n) is 0.711. The van der Waals surface area contributed by atoms with Gasteiger partial charge in [-0.05, 0) is 6.07 Å². The van der Waals surface area contributed by atoms with E-state index in [0.29, 0.717) is 11.5 Å². The Morgan fingerprint density at radius 1 is 1.57 bits per heavy atom. The molecule has 5 heteroatoms. The fraction of sp³-hybridized carbons (Fsp3) is 0.333. The van der Waals surface area contributed by atoms with E-state index in [1.807, 2.05) is 13.8 Å². The Morgan fingerprint density at radius 3 is 2.50 bits per heavy atom. The van der Waals surface area contributed by atoms with Crippen molar-refractivity contribution in [3.05, 3.63) is 34.6 Å². The van der Waals surface area contributed by atoms with Gasteiger partial charge < -0.3 is 9.73 Å². The number of rotatable bonds is 3. The van der Waals surface area contributed by atoms with Gasteiger partial charge in [0.25, 0.3) is 0 Å². The van der Waals surface area contributed by atoms with Gasteiger partial charge in [-0.15, -0.1) is 0 Å². The zero-order valence-electron chi connectivity index (χ0n) is 8.53. The number of nitro groups is 1. The normalized spacial score (nSPS) is 8.50. The van der Waals surface area contributed by atoms with E-state index in [9.17, 15) is 10.1 Å². The molecule has 0 aromatic carbocycles. The third-order valence-corrected chi connectivity index (χ3v) is 1.37. The number of furan rings is 1. The Labute approximate surface area is 82.6 Å². The van der Waals surface area contributed by atoms with Crippen molar-refractivity contribution in [1.29, 1.82) is 0 Å². The molecular formula is C9H14N2O3. The highest BCUT2D eigenvalue weighted by molar-refractivity contribution is 5.57. The second-order valence-corrected chi connectivity index (χ2v) is 2.12. The minimum atomic E-state index is -0.591. The summed E-state index contributed by atoms with van der Waals surface area (Å²) in [6, 6.07) is 2.79. The standard InChI is InChI=1S/C7H8N2O3.C2H6/c1-5(8-2)6-3-4-7(12-6)9(10)11;1-2/h3-4,8H,1H2,2H3;1-2H3. The van der Waals surface area contributed by atoms with Gasteiger partial charge >= 0.3 is 5.88 Å². The number of nitrogens with zero attached hydrogens (tertiary/aromatic N) is 1. The van der Waals surface area contributed by atoms with E-state index in [1.54, 1.807) is 7.05 Å². The molecule has 0 amide bonds. The summed E-state index contributed by atoms with van der Waals surface area (Å²) >= 11 is 0. The Bertz CT molecular complexity index is 318. The topological polar surface area (TPSA) is 68.3 Å². The van der Waals surface area contributed by atoms with E-state index in [1.165, 1.54) is 12.1 Å². The van der Waals surface area contributed by atoms with Crippen LogP contribution in [0.4, 0.5) is 5.88 Å². The van der Waals surface area contributed by atoms with Crippen molar-refractivity contribution in [2.24, 2.45) is 0 Å². The predicted molar refractivity (Wildman–Crippen MR) is 54.8 cm³/mol. The quantitative estimate of drug-likeness (QED) is 0.598. The van der Waals surface area contributed by atoms with Gasteiger partial charge in [-0.25, -0.2) is 0 Å². The van der Waals surface area contributed by atoms with Crippen LogP contribution < -0.4 is 5.32 Å².